The van der Waals surface area contributed by atoms with Gasteiger partial charge < -0.3 is 15.0 Å². The van der Waals surface area contributed by atoms with Crippen molar-refractivity contribution in [1.29, 1.82) is 0 Å². The van der Waals surface area contributed by atoms with E-state index >= 15 is 0 Å². The molecule has 2 N–H and O–H groups in total. The molecular formula is C24H36N7O2+. The first-order chi connectivity index (χ1) is 16.1. The van der Waals surface area contributed by atoms with Crippen LogP contribution < -0.4 is 25.3 Å². The Morgan fingerprint density at radius 3 is 2.61 bits per heavy atom. The summed E-state index contributed by atoms with van der Waals surface area (Å²) in [6.45, 7) is 2.16. The predicted molar refractivity (Wildman–Crippen MR) is 129 cm³/mol. The van der Waals surface area contributed by atoms with E-state index in [1.54, 1.807) is 7.11 Å². The van der Waals surface area contributed by atoms with E-state index < -0.39 is 0 Å². The number of aromatic nitrogens is 1. The van der Waals surface area contributed by atoms with Gasteiger partial charge in [0.2, 0.25) is 5.88 Å². The standard InChI is InChI=1S/C24H36N7O2/c1-25-18-11-13-29(14-12-18)21-10-9-19(24(26-21)33-3)30-15-20-23(31(32)16-30)22(27-28(20)2)17-7-5-4-6-8-17/h9-10,15,17-18,25,27H,4-8,11-14,16H2,1-3H3/q+1. The molecule has 0 amide bonds. The van der Waals surface area contributed by atoms with E-state index in [0.717, 1.165) is 72.1 Å². The Kier molecular flexibility index (Phi) is 6.14. The molecule has 0 spiro atoms. The van der Waals surface area contributed by atoms with Crippen LogP contribution in [0.15, 0.2) is 35.4 Å². The van der Waals surface area contributed by atoms with Crippen LogP contribution in [0.25, 0.3) is 0 Å². The van der Waals surface area contributed by atoms with Gasteiger partial charge in [0, 0.05) is 43.2 Å². The van der Waals surface area contributed by atoms with Gasteiger partial charge in [0.15, 0.2) is 5.70 Å². The Bertz CT molecular complexity index is 962. The number of rotatable bonds is 5. The second-order valence-electron chi connectivity index (χ2n) is 9.52. The number of hydrazine groups is 1. The number of hydrogen-bond acceptors (Lipinski definition) is 8. The van der Waals surface area contributed by atoms with Crippen LogP contribution in [0.2, 0.25) is 0 Å². The number of methoxy groups -OCH3 is 1. The molecule has 1 saturated carbocycles. The quantitative estimate of drug-likeness (QED) is 0.658. The normalized spacial score (nSPS) is 22.5. The second-order valence-corrected chi connectivity index (χ2v) is 9.52. The van der Waals surface area contributed by atoms with Crippen LogP contribution in [0.1, 0.15) is 44.9 Å². The smallest absolute Gasteiger partial charge is 0.305 e. The number of pyridine rings is 1. The first-order valence-electron chi connectivity index (χ1n) is 12.2. The summed E-state index contributed by atoms with van der Waals surface area (Å²) in [6.07, 6.45) is 10.3. The minimum Gasteiger partial charge on any atom is -0.479 e. The summed E-state index contributed by atoms with van der Waals surface area (Å²) in [7, 11) is 5.65. The number of anilines is 2. The number of nitroso groups, excluding NO2 is 1. The number of allylic oxidation sites excluding steroid dienone is 1. The lowest BCUT2D eigenvalue weighted by atomic mass is 9.86. The van der Waals surface area contributed by atoms with E-state index in [9.17, 15) is 4.91 Å². The molecule has 5 rings (SSSR count). The summed E-state index contributed by atoms with van der Waals surface area (Å²) < 4.78 is 6.80. The van der Waals surface area contributed by atoms with Crippen LogP contribution in [0.5, 0.6) is 5.88 Å². The lowest BCUT2D eigenvalue weighted by molar-refractivity contribution is -0.497. The van der Waals surface area contributed by atoms with E-state index in [1.807, 2.05) is 42.3 Å². The molecule has 0 unspecified atom stereocenters. The Hall–Kier alpha value is -2.81. The maximum atomic E-state index is 13.3. The highest BCUT2D eigenvalue weighted by molar-refractivity contribution is 5.62. The molecule has 9 nitrogen and oxygen atoms in total. The van der Waals surface area contributed by atoms with Crippen molar-refractivity contribution in [2.45, 2.75) is 51.0 Å². The maximum Gasteiger partial charge on any atom is 0.305 e. The molecule has 0 radical (unpaired) electrons. The first kappa shape index (κ1) is 22.0. The third kappa shape index (κ3) is 4.14. The van der Waals surface area contributed by atoms with Crippen LogP contribution in [0, 0.1) is 10.8 Å². The molecule has 178 valence electrons. The third-order valence-electron chi connectivity index (χ3n) is 7.52. The lowest BCUT2D eigenvalue weighted by Crippen LogP contribution is -2.41. The molecule has 1 saturated heterocycles. The topological polar surface area (TPSA) is 76.0 Å². The number of hydrogen-bond donors (Lipinski definition) is 2. The Morgan fingerprint density at radius 2 is 1.91 bits per heavy atom. The number of nitrogens with one attached hydrogen (secondary N) is 2. The number of nitrogens with zero attached hydrogens (tertiary/aromatic N) is 5. The molecule has 1 aromatic rings. The van der Waals surface area contributed by atoms with E-state index in [-0.39, 0.29) is 6.67 Å². The molecule has 4 aliphatic rings. The van der Waals surface area contributed by atoms with Crippen molar-refractivity contribution in [3.8, 4) is 5.88 Å². The summed E-state index contributed by atoms with van der Waals surface area (Å²) in [6, 6.07) is 4.64. The first-order valence-corrected chi connectivity index (χ1v) is 12.2. The number of likely N-dealkylation sites (N-methyl/N-ethyl adjacent to an activating group) is 1. The highest BCUT2D eigenvalue weighted by Gasteiger charge is 2.44. The zero-order chi connectivity index (χ0) is 22.9. The minimum absolute atomic E-state index is 0.218. The van der Waals surface area contributed by atoms with Crippen molar-refractivity contribution in [1.82, 2.24) is 20.7 Å². The van der Waals surface area contributed by atoms with Gasteiger partial charge in [0.1, 0.15) is 17.2 Å². The fraction of sp³-hybridized carbons (Fsp3) is 0.625. The Balaban J connectivity index is 1.41. The van der Waals surface area contributed by atoms with Gasteiger partial charge in [-0.25, -0.2) is 0 Å². The van der Waals surface area contributed by atoms with E-state index in [1.165, 1.54) is 19.3 Å². The summed E-state index contributed by atoms with van der Waals surface area (Å²) >= 11 is 0. The second kappa shape index (κ2) is 9.21. The molecule has 9 heteroatoms. The molecule has 1 aliphatic carbocycles. The maximum absolute atomic E-state index is 13.3. The van der Waals surface area contributed by atoms with Crippen molar-refractivity contribution in [3.63, 3.8) is 0 Å². The van der Waals surface area contributed by atoms with E-state index in [2.05, 4.69) is 15.6 Å². The molecule has 4 heterocycles. The van der Waals surface area contributed by atoms with Gasteiger partial charge in [-0.15, -0.1) is 0 Å². The number of fused-ring (bicyclic) bond motifs is 1. The van der Waals surface area contributed by atoms with E-state index in [0.29, 0.717) is 17.8 Å². The molecule has 1 aromatic heterocycles. The van der Waals surface area contributed by atoms with Gasteiger partial charge in [-0.05, 0) is 44.9 Å². The highest BCUT2D eigenvalue weighted by atomic mass is 16.5. The molecule has 33 heavy (non-hydrogen) atoms. The molecule has 0 aromatic carbocycles. The predicted octanol–water partition coefficient (Wildman–Crippen LogP) is 2.92. The lowest BCUT2D eigenvalue weighted by Gasteiger charge is -2.33. The Morgan fingerprint density at radius 1 is 1.15 bits per heavy atom. The van der Waals surface area contributed by atoms with Gasteiger partial charge in [0.05, 0.1) is 11.9 Å². The van der Waals surface area contributed by atoms with Crippen molar-refractivity contribution < 1.29 is 9.50 Å². The summed E-state index contributed by atoms with van der Waals surface area (Å²) in [4.78, 5) is 22.3. The molecular weight excluding hydrogens is 418 g/mol. The van der Waals surface area contributed by atoms with Crippen LogP contribution in [0.4, 0.5) is 11.5 Å². The summed E-state index contributed by atoms with van der Waals surface area (Å²) in [5.41, 5.74) is 7.05. The fourth-order valence-corrected chi connectivity index (χ4v) is 5.59. The van der Waals surface area contributed by atoms with Crippen LogP contribution >= 0.6 is 0 Å². The van der Waals surface area contributed by atoms with Crippen LogP contribution in [-0.2, 0) is 0 Å². The van der Waals surface area contributed by atoms with E-state index in [4.69, 9.17) is 9.72 Å². The Labute approximate surface area is 196 Å². The fourth-order valence-electron chi connectivity index (χ4n) is 5.59. The highest BCUT2D eigenvalue weighted by Crippen LogP contribution is 2.39. The van der Waals surface area contributed by atoms with Crippen LogP contribution in [-0.4, -0.2) is 61.8 Å². The largest absolute Gasteiger partial charge is 0.479 e. The summed E-state index contributed by atoms with van der Waals surface area (Å²) in [5.74, 6) is 1.91. The van der Waals surface area contributed by atoms with Gasteiger partial charge >= 0.3 is 5.70 Å². The monoisotopic (exact) mass is 454 g/mol. The molecule has 3 aliphatic heterocycles. The molecule has 2 fully saturated rings. The summed E-state index contributed by atoms with van der Waals surface area (Å²) in [5, 5.41) is 5.34. The molecule has 0 atom stereocenters. The van der Waals surface area contributed by atoms with Crippen molar-refractivity contribution in [2.24, 2.45) is 5.92 Å². The average Bonchev–Trinajstić information content (AvgIpc) is 3.21. The SMILES string of the molecule is CNC1CCN(c2ccc(N3C=C4C(=C(C5CCCCC5)NN4C)[N+](=O)C3)c(OC)n2)CC1. The van der Waals surface area contributed by atoms with Gasteiger partial charge in [-0.2, -0.15) is 4.98 Å². The number of piperidine rings is 1. The zero-order valence-corrected chi connectivity index (χ0v) is 20.0. The van der Waals surface area contributed by atoms with Crippen LogP contribution in [0.3, 0.4) is 0 Å². The van der Waals surface area contributed by atoms with Gasteiger partial charge in [-0.1, -0.05) is 19.3 Å². The van der Waals surface area contributed by atoms with Crippen molar-refractivity contribution in [2.75, 3.05) is 50.8 Å². The molecule has 0 bridgehead atoms. The van der Waals surface area contributed by atoms with Crippen molar-refractivity contribution >= 4 is 11.5 Å². The van der Waals surface area contributed by atoms with Gasteiger partial charge in [-0.3, -0.25) is 15.3 Å². The average molecular weight is 455 g/mol. The number of ether oxygens (including phenoxy) is 1. The zero-order valence-electron chi connectivity index (χ0n) is 20.0. The third-order valence-corrected chi connectivity index (χ3v) is 7.52. The van der Waals surface area contributed by atoms with Gasteiger partial charge in [0.25, 0.3) is 6.67 Å². The minimum atomic E-state index is 0.218. The van der Waals surface area contributed by atoms with Crippen molar-refractivity contribution in [3.05, 3.63) is 40.3 Å².